The molecule has 2 aromatic rings. The van der Waals surface area contributed by atoms with Gasteiger partial charge in [-0.15, -0.1) is 0 Å². The van der Waals surface area contributed by atoms with Crippen LogP contribution < -0.4 is 27.4 Å². The van der Waals surface area contributed by atoms with Crippen molar-refractivity contribution >= 4 is 40.7 Å². The number of nitrogens with zero attached hydrogens (tertiary/aromatic N) is 3. The lowest BCUT2D eigenvalue weighted by Crippen LogP contribution is -2.39. The summed E-state index contributed by atoms with van der Waals surface area (Å²) in [6.07, 6.45) is 1.26. The van der Waals surface area contributed by atoms with Crippen molar-refractivity contribution in [3.8, 4) is 0 Å². The number of aromatic amines is 1. The molecule has 0 aliphatic carbocycles. The van der Waals surface area contributed by atoms with Gasteiger partial charge in [0.25, 0.3) is 5.91 Å². The summed E-state index contributed by atoms with van der Waals surface area (Å²) in [6, 6.07) is -0.913. The Morgan fingerprint density at radius 1 is 1.04 bits per heavy atom. The average molecular weight is 335 g/mol. The Balaban J connectivity index is 2.30. The fourth-order valence-corrected chi connectivity index (χ4v) is 1.58. The predicted octanol–water partition coefficient (Wildman–Crippen LogP) is -2.83. The van der Waals surface area contributed by atoms with Gasteiger partial charge in [0, 0.05) is 0 Å². The number of hydrogen-bond donors (Lipinski definition) is 6. The maximum Gasteiger partial charge on any atom is 0.327 e. The van der Waals surface area contributed by atoms with Gasteiger partial charge in [0.05, 0.1) is 19.4 Å². The van der Waals surface area contributed by atoms with Crippen LogP contribution in [0.25, 0.3) is 11.2 Å². The van der Waals surface area contributed by atoms with Gasteiger partial charge in [-0.3, -0.25) is 30.3 Å². The van der Waals surface area contributed by atoms with Crippen molar-refractivity contribution < 1.29 is 19.2 Å². The molecule has 126 valence electrons. The van der Waals surface area contributed by atoms with E-state index < -0.39 is 36.1 Å². The van der Waals surface area contributed by atoms with Gasteiger partial charge in [0.2, 0.25) is 17.6 Å². The minimum Gasteiger partial charge on any atom is -0.340 e. The molecule has 0 aliphatic heterocycles. The first-order valence-electron chi connectivity index (χ1n) is 6.51. The molecule has 13 nitrogen and oxygen atoms in total. The first-order valence-corrected chi connectivity index (χ1v) is 6.51. The summed E-state index contributed by atoms with van der Waals surface area (Å²) in [6.45, 7) is -0.781. The van der Waals surface area contributed by atoms with Crippen molar-refractivity contribution in [2.75, 3.05) is 18.4 Å². The van der Waals surface area contributed by atoms with E-state index in [0.717, 1.165) is 0 Å². The van der Waals surface area contributed by atoms with Crippen LogP contribution in [-0.2, 0) is 9.59 Å². The quantitative estimate of drug-likeness (QED) is 0.339. The van der Waals surface area contributed by atoms with E-state index in [1.54, 1.807) is 0 Å². The normalized spacial score (nSPS) is 10.2. The standard InChI is InChI=1S/C11H13N9O4/c12-1-4(21)16-10(23)9-18-7-6(14-3-15-7)8(19-9)20-11(24)17-5(22)2-13/h3H,1-2,12-13H2,(H,16,21,23)(H3,14,15,17,18,19,20,22,24). The molecule has 0 bridgehead atoms. The molecular formula is C11H13N9O4. The highest BCUT2D eigenvalue weighted by Gasteiger charge is 2.19. The summed E-state index contributed by atoms with van der Waals surface area (Å²) in [5.74, 6) is -2.90. The van der Waals surface area contributed by atoms with Crippen molar-refractivity contribution in [3.63, 3.8) is 0 Å². The number of amides is 5. The third kappa shape index (κ3) is 3.84. The number of fused-ring (bicyclic) bond motifs is 1. The van der Waals surface area contributed by atoms with Crippen molar-refractivity contribution in [2.45, 2.75) is 0 Å². The Hall–Kier alpha value is -3.45. The second-order valence-corrected chi connectivity index (χ2v) is 4.28. The fraction of sp³-hybridized carbons (Fsp3) is 0.182. The van der Waals surface area contributed by atoms with Gasteiger partial charge in [-0.2, -0.15) is 0 Å². The number of rotatable bonds is 4. The molecule has 8 N–H and O–H groups in total. The molecule has 0 atom stereocenters. The largest absolute Gasteiger partial charge is 0.340 e. The molecule has 2 aromatic heterocycles. The summed E-state index contributed by atoms with van der Waals surface area (Å²) < 4.78 is 0. The van der Waals surface area contributed by atoms with Crippen molar-refractivity contribution in [1.29, 1.82) is 0 Å². The molecule has 0 aromatic carbocycles. The van der Waals surface area contributed by atoms with Gasteiger partial charge < -0.3 is 16.5 Å². The van der Waals surface area contributed by atoms with Crippen LogP contribution in [0.2, 0.25) is 0 Å². The van der Waals surface area contributed by atoms with Crippen LogP contribution in [0.4, 0.5) is 10.6 Å². The fourth-order valence-electron chi connectivity index (χ4n) is 1.58. The van der Waals surface area contributed by atoms with Crippen LogP contribution in [0.15, 0.2) is 6.33 Å². The zero-order valence-corrected chi connectivity index (χ0v) is 12.1. The number of nitrogens with two attached hydrogens (primary N) is 2. The number of carbonyl (C=O) groups excluding carboxylic acids is 4. The lowest BCUT2D eigenvalue weighted by atomic mass is 10.4. The van der Waals surface area contributed by atoms with Gasteiger partial charge in [-0.25, -0.2) is 19.7 Å². The summed E-state index contributed by atoms with van der Waals surface area (Å²) in [7, 11) is 0. The summed E-state index contributed by atoms with van der Waals surface area (Å²) in [5, 5.41) is 6.17. The van der Waals surface area contributed by atoms with E-state index in [9.17, 15) is 19.2 Å². The monoisotopic (exact) mass is 335 g/mol. The van der Waals surface area contributed by atoms with Crippen LogP contribution in [0.1, 0.15) is 10.6 Å². The number of imidazole rings is 1. The molecule has 2 heterocycles. The third-order valence-electron chi connectivity index (χ3n) is 2.60. The lowest BCUT2D eigenvalue weighted by Gasteiger charge is -2.07. The predicted molar refractivity (Wildman–Crippen MR) is 79.4 cm³/mol. The van der Waals surface area contributed by atoms with E-state index in [4.69, 9.17) is 11.5 Å². The highest BCUT2D eigenvalue weighted by Crippen LogP contribution is 2.16. The SMILES string of the molecule is NCC(=O)NC(=O)Nc1nc(C(=O)NC(=O)CN)nc2nc[nH]c12. The van der Waals surface area contributed by atoms with Crippen molar-refractivity contribution in [1.82, 2.24) is 30.6 Å². The highest BCUT2D eigenvalue weighted by atomic mass is 16.2. The Bertz CT molecular complexity index is 815. The smallest absolute Gasteiger partial charge is 0.327 e. The van der Waals surface area contributed by atoms with Crippen LogP contribution in [0, 0.1) is 0 Å². The second-order valence-electron chi connectivity index (χ2n) is 4.28. The average Bonchev–Trinajstić information content (AvgIpc) is 3.03. The second kappa shape index (κ2) is 7.21. The highest BCUT2D eigenvalue weighted by molar-refractivity contribution is 6.06. The number of aromatic nitrogens is 4. The molecule has 0 fully saturated rings. The van der Waals surface area contributed by atoms with E-state index in [0.29, 0.717) is 0 Å². The molecule has 5 amide bonds. The van der Waals surface area contributed by atoms with Gasteiger partial charge in [0.15, 0.2) is 11.5 Å². The van der Waals surface area contributed by atoms with E-state index in [1.807, 2.05) is 10.6 Å². The summed E-state index contributed by atoms with van der Waals surface area (Å²) >= 11 is 0. The number of carbonyl (C=O) groups is 4. The van der Waals surface area contributed by atoms with Gasteiger partial charge in [-0.1, -0.05) is 0 Å². The number of imide groups is 2. The van der Waals surface area contributed by atoms with Gasteiger partial charge >= 0.3 is 6.03 Å². The van der Waals surface area contributed by atoms with E-state index >= 15 is 0 Å². The first-order chi connectivity index (χ1) is 11.4. The van der Waals surface area contributed by atoms with E-state index in [1.165, 1.54) is 6.33 Å². The van der Waals surface area contributed by atoms with Gasteiger partial charge in [0.1, 0.15) is 5.52 Å². The summed E-state index contributed by atoms with van der Waals surface area (Å²) in [5.41, 5.74) is 10.5. The maximum absolute atomic E-state index is 11.9. The Morgan fingerprint density at radius 3 is 2.38 bits per heavy atom. The molecule has 0 aliphatic rings. The molecule has 2 rings (SSSR count). The zero-order chi connectivity index (χ0) is 17.7. The van der Waals surface area contributed by atoms with Crippen LogP contribution in [0.5, 0.6) is 0 Å². The number of hydrogen-bond acceptors (Lipinski definition) is 9. The topological polar surface area (TPSA) is 211 Å². The number of anilines is 1. The molecule has 13 heteroatoms. The van der Waals surface area contributed by atoms with E-state index in [2.05, 4.69) is 25.3 Å². The molecular weight excluding hydrogens is 322 g/mol. The number of H-pyrrole nitrogens is 1. The molecule has 0 unspecified atom stereocenters. The van der Waals surface area contributed by atoms with Crippen molar-refractivity contribution in [2.24, 2.45) is 11.5 Å². The number of urea groups is 1. The Morgan fingerprint density at radius 2 is 1.71 bits per heavy atom. The summed E-state index contributed by atoms with van der Waals surface area (Å²) in [4.78, 5) is 60.0. The Kier molecular flexibility index (Phi) is 5.08. The van der Waals surface area contributed by atoms with Crippen LogP contribution in [-0.4, -0.2) is 56.8 Å². The zero-order valence-electron chi connectivity index (χ0n) is 12.1. The molecule has 0 radical (unpaired) electrons. The van der Waals surface area contributed by atoms with E-state index in [-0.39, 0.29) is 23.5 Å². The minimum absolute atomic E-state index is 0.0656. The lowest BCUT2D eigenvalue weighted by molar-refractivity contribution is -0.119. The first kappa shape index (κ1) is 16.9. The van der Waals surface area contributed by atoms with Gasteiger partial charge in [-0.05, 0) is 0 Å². The molecule has 0 saturated carbocycles. The maximum atomic E-state index is 11.9. The molecule has 0 spiro atoms. The minimum atomic E-state index is -0.920. The number of nitrogens with one attached hydrogen (secondary N) is 4. The van der Waals surface area contributed by atoms with Crippen LogP contribution >= 0.6 is 0 Å². The van der Waals surface area contributed by atoms with Crippen LogP contribution in [0.3, 0.4) is 0 Å². The third-order valence-corrected chi connectivity index (χ3v) is 2.60. The molecule has 24 heavy (non-hydrogen) atoms. The molecule has 0 saturated heterocycles. The van der Waals surface area contributed by atoms with Crippen molar-refractivity contribution in [3.05, 3.63) is 12.2 Å². The Labute approximate surface area is 133 Å².